The van der Waals surface area contributed by atoms with E-state index in [1.807, 2.05) is 48.8 Å². The Kier molecular flexibility index (Phi) is 5.10. The molecule has 0 saturated carbocycles. The highest BCUT2D eigenvalue weighted by Crippen LogP contribution is 2.12. The molecule has 1 aromatic heterocycles. The molecule has 0 fully saturated rings. The standard InChI is InChI=1S/C17H17NO3/c1-2-21-17(20)13-18-11-9-15(10-12-18)4-3-14-5-7-16(19)8-6-14/h3-12H,2,13H2,1H3/p+1. The molecule has 1 heterocycles. The predicted molar refractivity (Wildman–Crippen MR) is 80.3 cm³/mol. The number of phenols is 1. The van der Waals surface area contributed by atoms with Crippen molar-refractivity contribution in [3.63, 3.8) is 0 Å². The second kappa shape index (κ2) is 7.24. The van der Waals surface area contributed by atoms with Crippen LogP contribution in [0.5, 0.6) is 5.75 Å². The van der Waals surface area contributed by atoms with Crippen LogP contribution in [-0.4, -0.2) is 17.7 Å². The van der Waals surface area contributed by atoms with Crippen molar-refractivity contribution in [3.8, 4) is 5.75 Å². The largest absolute Gasteiger partial charge is 0.508 e. The molecule has 4 heteroatoms. The Morgan fingerprint density at radius 1 is 1.10 bits per heavy atom. The molecule has 0 aliphatic carbocycles. The third kappa shape index (κ3) is 4.76. The molecule has 108 valence electrons. The number of carbonyl (C=O) groups excluding carboxylic acids is 1. The van der Waals surface area contributed by atoms with E-state index in [1.54, 1.807) is 23.6 Å². The lowest BCUT2D eigenvalue weighted by atomic mass is 10.1. The zero-order valence-electron chi connectivity index (χ0n) is 11.9. The number of phenolic OH excluding ortho intramolecular Hbond substituents is 1. The number of hydrogen-bond donors (Lipinski definition) is 1. The van der Waals surface area contributed by atoms with Crippen molar-refractivity contribution in [2.75, 3.05) is 6.61 Å². The van der Waals surface area contributed by atoms with Crippen LogP contribution < -0.4 is 4.57 Å². The Morgan fingerprint density at radius 2 is 1.67 bits per heavy atom. The number of benzene rings is 1. The van der Waals surface area contributed by atoms with Gasteiger partial charge >= 0.3 is 5.97 Å². The van der Waals surface area contributed by atoms with E-state index < -0.39 is 0 Å². The van der Waals surface area contributed by atoms with Gasteiger partial charge in [0, 0.05) is 12.1 Å². The van der Waals surface area contributed by atoms with Crippen molar-refractivity contribution in [3.05, 3.63) is 59.9 Å². The van der Waals surface area contributed by atoms with Gasteiger partial charge in [-0.25, -0.2) is 4.79 Å². The van der Waals surface area contributed by atoms with E-state index in [1.165, 1.54) is 0 Å². The zero-order valence-corrected chi connectivity index (χ0v) is 11.9. The summed E-state index contributed by atoms with van der Waals surface area (Å²) in [6, 6.07) is 10.8. The van der Waals surface area contributed by atoms with Crippen molar-refractivity contribution in [1.29, 1.82) is 0 Å². The van der Waals surface area contributed by atoms with Crippen LogP contribution in [0, 0.1) is 0 Å². The molecule has 0 atom stereocenters. The number of esters is 1. The highest BCUT2D eigenvalue weighted by atomic mass is 16.5. The third-order valence-corrected chi connectivity index (χ3v) is 2.90. The Bertz CT molecular complexity index is 615. The zero-order chi connectivity index (χ0) is 15.1. The molecular weight excluding hydrogens is 266 g/mol. The van der Waals surface area contributed by atoms with Crippen LogP contribution in [0.4, 0.5) is 0 Å². The van der Waals surface area contributed by atoms with Gasteiger partial charge in [-0.3, -0.25) is 0 Å². The summed E-state index contributed by atoms with van der Waals surface area (Å²) < 4.78 is 6.67. The van der Waals surface area contributed by atoms with E-state index in [2.05, 4.69) is 0 Å². The van der Waals surface area contributed by atoms with Crippen molar-refractivity contribution < 1.29 is 19.2 Å². The highest BCUT2D eigenvalue weighted by Gasteiger charge is 2.08. The fourth-order valence-electron chi connectivity index (χ4n) is 1.82. The maximum absolute atomic E-state index is 11.4. The van der Waals surface area contributed by atoms with Crippen molar-refractivity contribution in [2.45, 2.75) is 13.5 Å². The monoisotopic (exact) mass is 284 g/mol. The second-order valence-corrected chi connectivity index (χ2v) is 4.53. The van der Waals surface area contributed by atoms with Gasteiger partial charge in [-0.1, -0.05) is 24.3 Å². The molecule has 0 radical (unpaired) electrons. The van der Waals surface area contributed by atoms with Gasteiger partial charge in [-0.15, -0.1) is 0 Å². The number of ether oxygens (including phenoxy) is 1. The summed E-state index contributed by atoms with van der Waals surface area (Å²) in [5.74, 6) is 0.0155. The van der Waals surface area contributed by atoms with Gasteiger partial charge in [-0.05, 0) is 30.2 Å². The van der Waals surface area contributed by atoms with Gasteiger partial charge < -0.3 is 9.84 Å². The molecule has 1 aromatic carbocycles. The van der Waals surface area contributed by atoms with Crippen LogP contribution >= 0.6 is 0 Å². The molecule has 0 saturated heterocycles. The first-order chi connectivity index (χ1) is 10.2. The van der Waals surface area contributed by atoms with Crippen LogP contribution in [-0.2, 0) is 16.1 Å². The smallest absolute Gasteiger partial charge is 0.372 e. The maximum Gasteiger partial charge on any atom is 0.372 e. The summed E-state index contributed by atoms with van der Waals surface area (Å²) >= 11 is 0. The van der Waals surface area contributed by atoms with Crippen LogP contribution in [0.25, 0.3) is 12.2 Å². The lowest BCUT2D eigenvalue weighted by Crippen LogP contribution is -2.37. The lowest BCUT2D eigenvalue weighted by Gasteiger charge is -1.98. The number of hydrogen-bond acceptors (Lipinski definition) is 3. The first-order valence-electron chi connectivity index (χ1n) is 6.79. The average molecular weight is 284 g/mol. The van der Waals surface area contributed by atoms with Gasteiger partial charge in [0.1, 0.15) is 5.75 Å². The Morgan fingerprint density at radius 3 is 2.24 bits per heavy atom. The van der Waals surface area contributed by atoms with E-state index in [0.717, 1.165) is 11.1 Å². The minimum atomic E-state index is -0.241. The summed E-state index contributed by atoms with van der Waals surface area (Å²) in [6.45, 7) is 2.41. The van der Waals surface area contributed by atoms with Gasteiger partial charge in [0.05, 0.1) is 6.61 Å². The fraction of sp³-hybridized carbons (Fsp3) is 0.176. The number of carbonyl (C=O) groups is 1. The molecule has 0 spiro atoms. The first-order valence-corrected chi connectivity index (χ1v) is 6.79. The van der Waals surface area contributed by atoms with Gasteiger partial charge in [0.2, 0.25) is 6.54 Å². The first kappa shape index (κ1) is 14.8. The minimum Gasteiger partial charge on any atom is -0.508 e. The number of aromatic hydroxyl groups is 1. The molecule has 1 N–H and O–H groups in total. The molecule has 0 amide bonds. The molecule has 4 nitrogen and oxygen atoms in total. The molecule has 2 aromatic rings. The van der Waals surface area contributed by atoms with Gasteiger partial charge in [0.15, 0.2) is 12.4 Å². The highest BCUT2D eigenvalue weighted by molar-refractivity contribution is 5.69. The van der Waals surface area contributed by atoms with Crippen LogP contribution in [0.2, 0.25) is 0 Å². The Balaban J connectivity index is 1.98. The van der Waals surface area contributed by atoms with Crippen LogP contribution in [0.1, 0.15) is 18.1 Å². The van der Waals surface area contributed by atoms with Gasteiger partial charge in [0.25, 0.3) is 0 Å². The third-order valence-electron chi connectivity index (χ3n) is 2.90. The van der Waals surface area contributed by atoms with Crippen molar-refractivity contribution >= 4 is 18.1 Å². The van der Waals surface area contributed by atoms with Crippen LogP contribution in [0.3, 0.4) is 0 Å². The van der Waals surface area contributed by atoms with Crippen molar-refractivity contribution in [1.82, 2.24) is 0 Å². The van der Waals surface area contributed by atoms with E-state index in [9.17, 15) is 9.90 Å². The quantitative estimate of drug-likeness (QED) is 0.677. The van der Waals surface area contributed by atoms with E-state index >= 15 is 0 Å². The SMILES string of the molecule is CCOC(=O)C[n+]1ccc(/C=C/c2ccc(O)cc2)cc1. The van der Waals surface area contributed by atoms with Crippen LogP contribution in [0.15, 0.2) is 48.8 Å². The number of rotatable bonds is 5. The van der Waals surface area contributed by atoms with Crippen molar-refractivity contribution in [2.24, 2.45) is 0 Å². The van der Waals surface area contributed by atoms with Gasteiger partial charge in [-0.2, -0.15) is 4.57 Å². The molecule has 2 rings (SSSR count). The maximum atomic E-state index is 11.4. The second-order valence-electron chi connectivity index (χ2n) is 4.53. The molecular formula is C17H18NO3+. The summed E-state index contributed by atoms with van der Waals surface area (Å²) in [7, 11) is 0. The summed E-state index contributed by atoms with van der Waals surface area (Å²) in [6.07, 6.45) is 7.62. The van der Waals surface area contributed by atoms with E-state index in [0.29, 0.717) is 6.61 Å². The molecule has 0 unspecified atom stereocenters. The predicted octanol–water partition coefficient (Wildman–Crippen LogP) is 2.41. The number of nitrogens with zero attached hydrogens (tertiary/aromatic N) is 1. The fourth-order valence-corrected chi connectivity index (χ4v) is 1.82. The topological polar surface area (TPSA) is 50.4 Å². The minimum absolute atomic E-state index is 0.218. The molecule has 0 aliphatic rings. The number of pyridine rings is 1. The summed E-state index contributed by atoms with van der Waals surface area (Å²) in [5.41, 5.74) is 2.04. The Labute approximate surface area is 123 Å². The Hall–Kier alpha value is -2.62. The average Bonchev–Trinajstić information content (AvgIpc) is 2.48. The molecule has 0 aliphatic heterocycles. The van der Waals surface area contributed by atoms with E-state index in [-0.39, 0.29) is 18.3 Å². The normalized spacial score (nSPS) is 10.7. The lowest BCUT2D eigenvalue weighted by molar-refractivity contribution is -0.686. The summed E-state index contributed by atoms with van der Waals surface area (Å²) in [4.78, 5) is 11.4. The number of aromatic nitrogens is 1. The molecule has 0 bridgehead atoms. The van der Waals surface area contributed by atoms with E-state index in [4.69, 9.17) is 4.74 Å². The molecule has 21 heavy (non-hydrogen) atoms. The summed E-state index contributed by atoms with van der Waals surface area (Å²) in [5, 5.41) is 9.22.